The van der Waals surface area contributed by atoms with Gasteiger partial charge in [-0.1, -0.05) is 42.5 Å². The monoisotopic (exact) mass is 545 g/mol. The van der Waals surface area contributed by atoms with Crippen molar-refractivity contribution in [3.05, 3.63) is 99.1 Å². The molecule has 0 spiro atoms. The van der Waals surface area contributed by atoms with Crippen LogP contribution in [-0.4, -0.2) is 11.9 Å². The molecule has 3 aromatic rings. The quantitative estimate of drug-likeness (QED) is 0.344. The molecular formula is C26H20IN5O. The SMILES string of the molecule is N#C/C(=C/c1ccc(OCc2ccc(I)cc2)cc1)C1=NN(c2ccccc2)[C@H](N)[C@H]1C#N. The van der Waals surface area contributed by atoms with Gasteiger partial charge in [0.1, 0.15) is 30.5 Å². The molecule has 0 radical (unpaired) electrons. The van der Waals surface area contributed by atoms with Crippen molar-refractivity contribution in [2.75, 3.05) is 5.01 Å². The van der Waals surface area contributed by atoms with Gasteiger partial charge in [-0.15, -0.1) is 0 Å². The zero-order valence-electron chi connectivity index (χ0n) is 17.6. The van der Waals surface area contributed by atoms with Crippen molar-refractivity contribution in [1.29, 1.82) is 10.5 Å². The predicted molar refractivity (Wildman–Crippen MR) is 137 cm³/mol. The molecule has 0 aromatic heterocycles. The highest BCUT2D eigenvalue weighted by atomic mass is 127. The lowest BCUT2D eigenvalue weighted by atomic mass is 9.95. The molecular weight excluding hydrogens is 525 g/mol. The second-order valence-electron chi connectivity index (χ2n) is 7.42. The Morgan fingerprint density at radius 3 is 2.36 bits per heavy atom. The van der Waals surface area contributed by atoms with E-state index in [1.165, 1.54) is 3.57 Å². The van der Waals surface area contributed by atoms with Crippen LogP contribution in [0.3, 0.4) is 0 Å². The van der Waals surface area contributed by atoms with Gasteiger partial charge in [0.2, 0.25) is 0 Å². The zero-order chi connectivity index (χ0) is 23.2. The Labute approximate surface area is 206 Å². The van der Waals surface area contributed by atoms with Crippen LogP contribution in [0.5, 0.6) is 5.75 Å². The van der Waals surface area contributed by atoms with E-state index in [9.17, 15) is 10.5 Å². The second-order valence-corrected chi connectivity index (χ2v) is 8.66. The molecule has 1 aliphatic heterocycles. The van der Waals surface area contributed by atoms with Gasteiger partial charge in [0, 0.05) is 3.57 Å². The van der Waals surface area contributed by atoms with Crippen molar-refractivity contribution in [3.8, 4) is 17.9 Å². The van der Waals surface area contributed by atoms with Crippen molar-refractivity contribution >= 4 is 40.1 Å². The summed E-state index contributed by atoms with van der Waals surface area (Å²) in [7, 11) is 0. The minimum Gasteiger partial charge on any atom is -0.489 e. The highest BCUT2D eigenvalue weighted by Crippen LogP contribution is 2.29. The fraction of sp³-hybridized carbons (Fsp3) is 0.115. The number of benzene rings is 3. The Balaban J connectivity index is 1.52. The van der Waals surface area contributed by atoms with E-state index in [1.54, 1.807) is 11.1 Å². The maximum absolute atomic E-state index is 9.80. The number of para-hydroxylation sites is 1. The second kappa shape index (κ2) is 10.3. The first-order valence-corrected chi connectivity index (χ1v) is 11.3. The summed E-state index contributed by atoms with van der Waals surface area (Å²) in [4.78, 5) is 0. The number of hydrazone groups is 1. The topological polar surface area (TPSA) is 98.4 Å². The lowest BCUT2D eigenvalue weighted by molar-refractivity contribution is 0.306. The van der Waals surface area contributed by atoms with Crippen molar-refractivity contribution in [2.24, 2.45) is 16.8 Å². The number of hydrogen-bond donors (Lipinski definition) is 1. The van der Waals surface area contributed by atoms with Crippen LogP contribution in [0.25, 0.3) is 6.08 Å². The molecule has 2 N–H and O–H groups in total. The Morgan fingerprint density at radius 2 is 1.73 bits per heavy atom. The smallest absolute Gasteiger partial charge is 0.127 e. The van der Waals surface area contributed by atoms with Gasteiger partial charge < -0.3 is 10.5 Å². The number of nitrogens with zero attached hydrogens (tertiary/aromatic N) is 4. The van der Waals surface area contributed by atoms with Crippen LogP contribution in [0.1, 0.15) is 11.1 Å². The van der Waals surface area contributed by atoms with Gasteiger partial charge in [0.05, 0.1) is 23.0 Å². The van der Waals surface area contributed by atoms with Crippen LogP contribution < -0.4 is 15.5 Å². The summed E-state index contributed by atoms with van der Waals surface area (Å²) in [6.45, 7) is 0.476. The molecule has 4 rings (SSSR count). The van der Waals surface area contributed by atoms with Gasteiger partial charge in [-0.2, -0.15) is 15.6 Å². The molecule has 0 saturated carbocycles. The summed E-state index contributed by atoms with van der Waals surface area (Å²) in [6.07, 6.45) is 1.05. The van der Waals surface area contributed by atoms with Crippen LogP contribution in [0.2, 0.25) is 0 Å². The van der Waals surface area contributed by atoms with Crippen LogP contribution in [0.4, 0.5) is 5.69 Å². The normalized spacial score (nSPS) is 17.8. The molecule has 3 aromatic carbocycles. The van der Waals surface area contributed by atoms with Gasteiger partial charge in [0.15, 0.2) is 0 Å². The number of anilines is 1. The third-order valence-electron chi connectivity index (χ3n) is 5.20. The van der Waals surface area contributed by atoms with Gasteiger partial charge >= 0.3 is 0 Å². The largest absolute Gasteiger partial charge is 0.489 e. The summed E-state index contributed by atoms with van der Waals surface area (Å²) >= 11 is 2.27. The van der Waals surface area contributed by atoms with Crippen LogP contribution in [-0.2, 0) is 6.61 Å². The first-order valence-electron chi connectivity index (χ1n) is 10.3. The molecule has 0 bridgehead atoms. The number of hydrogen-bond acceptors (Lipinski definition) is 6. The van der Waals surface area contributed by atoms with E-state index >= 15 is 0 Å². The van der Waals surface area contributed by atoms with Gasteiger partial charge in [-0.05, 0) is 76.2 Å². The number of allylic oxidation sites excluding steroid dienone is 1. The van der Waals surface area contributed by atoms with Crippen molar-refractivity contribution in [3.63, 3.8) is 0 Å². The highest BCUT2D eigenvalue weighted by Gasteiger charge is 2.37. The zero-order valence-corrected chi connectivity index (χ0v) is 19.8. The van der Waals surface area contributed by atoms with E-state index in [1.807, 2.05) is 78.9 Å². The fourth-order valence-electron chi connectivity index (χ4n) is 3.46. The van der Waals surface area contributed by atoms with E-state index in [0.717, 1.165) is 22.6 Å². The average molecular weight is 545 g/mol. The maximum Gasteiger partial charge on any atom is 0.127 e. The Kier molecular flexibility index (Phi) is 7.04. The van der Waals surface area contributed by atoms with E-state index in [0.29, 0.717) is 17.9 Å². The van der Waals surface area contributed by atoms with Crippen molar-refractivity contribution in [1.82, 2.24) is 0 Å². The molecule has 1 heterocycles. The Hall–Kier alpha value is -3.66. The van der Waals surface area contributed by atoms with E-state index in [4.69, 9.17) is 10.5 Å². The number of ether oxygens (including phenoxy) is 1. The number of nitriles is 2. The number of nitrogens with two attached hydrogens (primary N) is 1. The average Bonchev–Trinajstić information content (AvgIpc) is 3.19. The van der Waals surface area contributed by atoms with Gasteiger partial charge in [0.25, 0.3) is 0 Å². The molecule has 0 aliphatic carbocycles. The lowest BCUT2D eigenvalue weighted by Gasteiger charge is -2.21. The first-order chi connectivity index (χ1) is 16.1. The van der Waals surface area contributed by atoms with E-state index < -0.39 is 12.1 Å². The standard InChI is InChI=1S/C26H20IN5O/c27-21-10-6-19(7-11-21)17-33-23-12-8-18(9-13-23)14-20(15-28)25-24(16-29)26(30)32(31-25)22-4-2-1-3-5-22/h1-14,24,26H,17,30H2/b20-14-/t24-,26-/m0/s1. The summed E-state index contributed by atoms with van der Waals surface area (Å²) in [5, 5.41) is 25.6. The summed E-state index contributed by atoms with van der Waals surface area (Å²) < 4.78 is 7.03. The molecule has 33 heavy (non-hydrogen) atoms. The summed E-state index contributed by atoms with van der Waals surface area (Å²) in [5.41, 5.74) is 9.63. The first kappa shape index (κ1) is 22.5. The van der Waals surface area contributed by atoms with Crippen LogP contribution in [0, 0.1) is 32.2 Å². The van der Waals surface area contributed by atoms with Crippen LogP contribution in [0.15, 0.2) is 89.5 Å². The Bertz CT molecular complexity index is 1260. The third kappa shape index (κ3) is 5.23. The molecule has 7 heteroatoms. The highest BCUT2D eigenvalue weighted by molar-refractivity contribution is 14.1. The summed E-state index contributed by atoms with van der Waals surface area (Å²) in [6, 6.07) is 29.4. The lowest BCUT2D eigenvalue weighted by Crippen LogP contribution is -2.40. The molecule has 0 unspecified atom stereocenters. The number of halogens is 1. The molecule has 6 nitrogen and oxygen atoms in total. The predicted octanol–water partition coefficient (Wildman–Crippen LogP) is 5.08. The Morgan fingerprint density at radius 1 is 1.03 bits per heavy atom. The van der Waals surface area contributed by atoms with E-state index in [-0.39, 0.29) is 0 Å². The van der Waals surface area contributed by atoms with E-state index in [2.05, 4.69) is 39.8 Å². The number of rotatable bonds is 6. The summed E-state index contributed by atoms with van der Waals surface area (Å²) in [5.74, 6) is 0.0160. The maximum atomic E-state index is 9.80. The molecule has 162 valence electrons. The third-order valence-corrected chi connectivity index (χ3v) is 5.92. The molecule has 1 aliphatic rings. The molecule has 0 amide bonds. The van der Waals surface area contributed by atoms with Gasteiger partial charge in [-0.3, -0.25) is 0 Å². The van der Waals surface area contributed by atoms with Crippen molar-refractivity contribution < 1.29 is 4.74 Å². The van der Waals surface area contributed by atoms with Crippen LogP contribution >= 0.6 is 22.6 Å². The minimum absolute atomic E-state index is 0.308. The van der Waals surface area contributed by atoms with Crippen molar-refractivity contribution in [2.45, 2.75) is 12.8 Å². The van der Waals surface area contributed by atoms with Gasteiger partial charge in [-0.25, -0.2) is 5.01 Å². The molecule has 2 atom stereocenters. The molecule has 0 saturated heterocycles. The molecule has 0 fully saturated rings. The minimum atomic E-state index is -0.715. The fourth-order valence-corrected chi connectivity index (χ4v) is 3.81.